The van der Waals surface area contributed by atoms with E-state index in [-0.39, 0.29) is 23.0 Å². The number of rotatable bonds is 9. The largest absolute Gasteiger partial charge is 0.495 e. The number of sulfonamides is 1. The van der Waals surface area contributed by atoms with Gasteiger partial charge in [-0.3, -0.25) is 4.79 Å². The highest BCUT2D eigenvalue weighted by molar-refractivity contribution is 7.89. The first-order valence-electron chi connectivity index (χ1n) is 12.4. The van der Waals surface area contributed by atoms with Crippen LogP contribution in [0.3, 0.4) is 0 Å². The summed E-state index contributed by atoms with van der Waals surface area (Å²) < 4.78 is 34.9. The Kier molecular flexibility index (Phi) is 8.44. The molecule has 1 heterocycles. The Morgan fingerprint density at radius 1 is 0.972 bits per heavy atom. The van der Waals surface area contributed by atoms with E-state index in [1.807, 2.05) is 48.2 Å². The first kappa shape index (κ1) is 25.9. The van der Waals surface area contributed by atoms with Crippen molar-refractivity contribution in [2.24, 2.45) is 5.92 Å². The molecule has 190 valence electrons. The minimum atomic E-state index is -4.00. The number of nitrogens with one attached hydrogen (secondary N) is 1. The van der Waals surface area contributed by atoms with Crippen molar-refractivity contribution >= 4 is 15.9 Å². The molecule has 6 nitrogen and oxygen atoms in total. The number of carbonyl (C=O) groups excluding carboxylic acids is 1. The SMILES string of the molecule is COc1ccc(C)cc1S(=O)(=O)NC(Cc1ccccc1)C(=O)N1CCC(Cc2ccccc2)CC1. The molecule has 1 aliphatic heterocycles. The number of hydrogen-bond acceptors (Lipinski definition) is 4. The number of ether oxygens (including phenoxy) is 1. The van der Waals surface area contributed by atoms with Gasteiger partial charge in [-0.2, -0.15) is 4.72 Å². The number of methoxy groups -OCH3 is 1. The van der Waals surface area contributed by atoms with Crippen LogP contribution in [0.5, 0.6) is 5.75 Å². The van der Waals surface area contributed by atoms with E-state index in [0.717, 1.165) is 30.4 Å². The molecule has 1 N–H and O–H groups in total. The molecule has 4 rings (SSSR count). The molecule has 1 aliphatic rings. The number of amides is 1. The third-order valence-electron chi connectivity index (χ3n) is 6.78. The summed E-state index contributed by atoms with van der Waals surface area (Å²) >= 11 is 0. The van der Waals surface area contributed by atoms with Gasteiger partial charge >= 0.3 is 0 Å². The molecule has 0 spiro atoms. The first-order valence-corrected chi connectivity index (χ1v) is 13.9. The molecule has 0 radical (unpaired) electrons. The zero-order valence-corrected chi connectivity index (χ0v) is 21.7. The lowest BCUT2D eigenvalue weighted by Crippen LogP contribution is -2.51. The molecule has 1 unspecified atom stereocenters. The Morgan fingerprint density at radius 2 is 1.58 bits per heavy atom. The number of hydrogen-bond donors (Lipinski definition) is 1. The van der Waals surface area contributed by atoms with E-state index in [9.17, 15) is 13.2 Å². The fourth-order valence-electron chi connectivity index (χ4n) is 4.80. The number of nitrogens with zero attached hydrogens (tertiary/aromatic N) is 1. The van der Waals surface area contributed by atoms with Crippen LogP contribution in [-0.2, 0) is 27.7 Å². The summed E-state index contributed by atoms with van der Waals surface area (Å²) in [6, 6.07) is 24.0. The highest BCUT2D eigenvalue weighted by Crippen LogP contribution is 2.26. The Balaban J connectivity index is 1.51. The van der Waals surface area contributed by atoms with Crippen molar-refractivity contribution in [1.82, 2.24) is 9.62 Å². The zero-order valence-electron chi connectivity index (χ0n) is 20.9. The number of carbonyl (C=O) groups is 1. The summed E-state index contributed by atoms with van der Waals surface area (Å²) in [7, 11) is -2.56. The van der Waals surface area contributed by atoms with E-state index in [1.165, 1.54) is 12.7 Å². The van der Waals surface area contributed by atoms with Crippen LogP contribution in [0.4, 0.5) is 0 Å². The van der Waals surface area contributed by atoms with Crippen molar-refractivity contribution in [2.45, 2.75) is 43.5 Å². The summed E-state index contributed by atoms with van der Waals surface area (Å²) in [5.74, 6) is 0.574. The molecule has 0 aliphatic carbocycles. The van der Waals surface area contributed by atoms with Gasteiger partial charge in [-0.05, 0) is 67.3 Å². The lowest BCUT2D eigenvalue weighted by molar-refractivity contribution is -0.134. The number of likely N-dealkylation sites (tertiary alicyclic amines) is 1. The van der Waals surface area contributed by atoms with Crippen molar-refractivity contribution in [3.8, 4) is 5.75 Å². The van der Waals surface area contributed by atoms with Gasteiger partial charge in [0.1, 0.15) is 16.7 Å². The number of benzene rings is 3. The predicted molar refractivity (Wildman–Crippen MR) is 141 cm³/mol. The normalized spacial score (nSPS) is 15.4. The fourth-order valence-corrected chi connectivity index (χ4v) is 6.24. The molecule has 1 amide bonds. The van der Waals surface area contributed by atoms with Gasteiger partial charge in [0.05, 0.1) is 7.11 Å². The number of piperidine rings is 1. The Bertz CT molecular complexity index is 1250. The van der Waals surface area contributed by atoms with Gasteiger partial charge in [0, 0.05) is 13.1 Å². The average Bonchev–Trinajstić information content (AvgIpc) is 2.89. The topological polar surface area (TPSA) is 75.7 Å². The predicted octanol–water partition coefficient (Wildman–Crippen LogP) is 4.37. The second-order valence-electron chi connectivity index (χ2n) is 9.48. The van der Waals surface area contributed by atoms with Crippen molar-refractivity contribution in [3.63, 3.8) is 0 Å². The Labute approximate surface area is 214 Å². The Morgan fingerprint density at radius 3 is 2.19 bits per heavy atom. The summed E-state index contributed by atoms with van der Waals surface area (Å²) in [6.45, 7) is 3.07. The summed E-state index contributed by atoms with van der Waals surface area (Å²) in [4.78, 5) is 15.5. The first-order chi connectivity index (χ1) is 17.4. The van der Waals surface area contributed by atoms with Crippen LogP contribution >= 0.6 is 0 Å². The van der Waals surface area contributed by atoms with Crippen molar-refractivity contribution in [1.29, 1.82) is 0 Å². The molecule has 3 aromatic rings. The molecule has 7 heteroatoms. The molecule has 0 saturated carbocycles. The van der Waals surface area contributed by atoms with Gasteiger partial charge in [-0.25, -0.2) is 8.42 Å². The molecule has 1 saturated heterocycles. The van der Waals surface area contributed by atoms with E-state index in [0.29, 0.717) is 19.0 Å². The van der Waals surface area contributed by atoms with Gasteiger partial charge < -0.3 is 9.64 Å². The van der Waals surface area contributed by atoms with Crippen LogP contribution in [0.15, 0.2) is 83.8 Å². The lowest BCUT2D eigenvalue weighted by atomic mass is 9.90. The maximum absolute atomic E-state index is 13.7. The molecule has 0 bridgehead atoms. The third-order valence-corrected chi connectivity index (χ3v) is 8.27. The molecule has 36 heavy (non-hydrogen) atoms. The van der Waals surface area contributed by atoms with Crippen LogP contribution in [-0.4, -0.2) is 45.5 Å². The quantitative estimate of drug-likeness (QED) is 0.468. The monoisotopic (exact) mass is 506 g/mol. The molecule has 1 atom stereocenters. The second kappa shape index (κ2) is 11.7. The lowest BCUT2D eigenvalue weighted by Gasteiger charge is -2.34. The minimum absolute atomic E-state index is 0.0393. The standard InChI is InChI=1S/C29H34N2O4S/c1-22-13-14-27(35-2)28(19-22)36(33,34)30-26(21-24-11-7-4-8-12-24)29(32)31-17-15-25(16-18-31)20-23-9-5-3-6-10-23/h3-14,19,25-26,30H,15-18,20-21H2,1-2H3. The summed E-state index contributed by atoms with van der Waals surface area (Å²) in [5.41, 5.74) is 3.00. The van der Waals surface area contributed by atoms with Crippen molar-refractivity contribution in [2.75, 3.05) is 20.2 Å². The average molecular weight is 507 g/mol. The maximum atomic E-state index is 13.7. The van der Waals surface area contributed by atoms with E-state index < -0.39 is 16.1 Å². The van der Waals surface area contributed by atoms with Gasteiger partial charge in [0.2, 0.25) is 15.9 Å². The molecule has 3 aromatic carbocycles. The van der Waals surface area contributed by atoms with Crippen LogP contribution in [0, 0.1) is 12.8 Å². The third kappa shape index (κ3) is 6.53. The second-order valence-corrected chi connectivity index (χ2v) is 11.2. The van der Waals surface area contributed by atoms with E-state index in [4.69, 9.17) is 4.74 Å². The van der Waals surface area contributed by atoms with E-state index in [1.54, 1.807) is 18.2 Å². The summed E-state index contributed by atoms with van der Waals surface area (Å²) in [5, 5.41) is 0. The maximum Gasteiger partial charge on any atom is 0.244 e. The van der Waals surface area contributed by atoms with E-state index in [2.05, 4.69) is 29.0 Å². The number of aryl methyl sites for hydroxylation is 1. The van der Waals surface area contributed by atoms with Crippen LogP contribution in [0.2, 0.25) is 0 Å². The van der Waals surface area contributed by atoms with Crippen LogP contribution in [0.1, 0.15) is 29.5 Å². The molecular formula is C29H34N2O4S. The zero-order chi connectivity index (χ0) is 25.5. The van der Waals surface area contributed by atoms with Gasteiger partial charge in [-0.1, -0.05) is 66.7 Å². The molecular weight excluding hydrogens is 472 g/mol. The highest BCUT2D eigenvalue weighted by Gasteiger charge is 2.33. The van der Waals surface area contributed by atoms with Crippen LogP contribution < -0.4 is 9.46 Å². The summed E-state index contributed by atoms with van der Waals surface area (Å²) in [6.07, 6.45) is 3.07. The Hall–Kier alpha value is -3.16. The molecule has 1 fully saturated rings. The van der Waals surface area contributed by atoms with Crippen LogP contribution in [0.25, 0.3) is 0 Å². The smallest absolute Gasteiger partial charge is 0.244 e. The van der Waals surface area contributed by atoms with Gasteiger partial charge in [0.15, 0.2) is 0 Å². The highest BCUT2D eigenvalue weighted by atomic mass is 32.2. The van der Waals surface area contributed by atoms with Gasteiger partial charge in [0.25, 0.3) is 0 Å². The van der Waals surface area contributed by atoms with Crippen molar-refractivity contribution in [3.05, 3.63) is 95.6 Å². The van der Waals surface area contributed by atoms with E-state index >= 15 is 0 Å². The fraction of sp³-hybridized carbons (Fsp3) is 0.345. The van der Waals surface area contributed by atoms with Crippen molar-refractivity contribution < 1.29 is 17.9 Å². The minimum Gasteiger partial charge on any atom is -0.495 e. The molecule has 0 aromatic heterocycles. The van der Waals surface area contributed by atoms with Gasteiger partial charge in [-0.15, -0.1) is 0 Å².